The molecule has 0 radical (unpaired) electrons. The molecule has 2 unspecified atom stereocenters. The van der Waals surface area contributed by atoms with Gasteiger partial charge in [0.2, 0.25) is 10.0 Å². The predicted octanol–water partition coefficient (Wildman–Crippen LogP) is 1.76. The smallest absolute Gasteiger partial charge is 0.243 e. The Bertz CT molecular complexity index is 571. The van der Waals surface area contributed by atoms with Gasteiger partial charge < -0.3 is 5.32 Å². The highest BCUT2D eigenvalue weighted by Crippen LogP contribution is 2.34. The molecule has 2 fully saturated rings. The van der Waals surface area contributed by atoms with Crippen LogP contribution in [-0.2, 0) is 16.4 Å². The highest BCUT2D eigenvalue weighted by molar-refractivity contribution is 7.89. The topological polar surface area (TPSA) is 49.4 Å². The molecule has 0 aliphatic carbocycles. The maximum atomic E-state index is 13.1. The first kappa shape index (κ1) is 14.0. The maximum absolute atomic E-state index is 13.1. The van der Waals surface area contributed by atoms with E-state index in [9.17, 15) is 8.42 Å². The van der Waals surface area contributed by atoms with E-state index >= 15 is 0 Å². The number of aryl methyl sites for hydroxylation is 1. The molecular formula is C15H22N2O2S. The van der Waals surface area contributed by atoms with Gasteiger partial charge in [-0.25, -0.2) is 8.42 Å². The van der Waals surface area contributed by atoms with Crippen molar-refractivity contribution >= 4 is 10.0 Å². The normalized spacial score (nSPS) is 27.4. The molecule has 110 valence electrons. The van der Waals surface area contributed by atoms with Crippen LogP contribution >= 0.6 is 0 Å². The Morgan fingerprint density at radius 3 is 2.75 bits per heavy atom. The van der Waals surface area contributed by atoms with E-state index in [1.54, 1.807) is 10.4 Å². The molecule has 0 aromatic heterocycles. The summed E-state index contributed by atoms with van der Waals surface area (Å²) in [5, 5.41) is 3.35. The summed E-state index contributed by atoms with van der Waals surface area (Å²) in [5.41, 5.74) is 0.920. The lowest BCUT2D eigenvalue weighted by molar-refractivity contribution is 0.334. The molecule has 0 spiro atoms. The summed E-state index contributed by atoms with van der Waals surface area (Å²) < 4.78 is 28.0. The summed E-state index contributed by atoms with van der Waals surface area (Å²) in [4.78, 5) is 0.501. The van der Waals surface area contributed by atoms with E-state index in [-0.39, 0.29) is 12.1 Å². The third-order valence-electron chi connectivity index (χ3n) is 4.50. The predicted molar refractivity (Wildman–Crippen MR) is 79.1 cm³/mol. The van der Waals surface area contributed by atoms with E-state index in [1.165, 1.54) is 0 Å². The van der Waals surface area contributed by atoms with Gasteiger partial charge in [0.15, 0.2) is 0 Å². The summed E-state index contributed by atoms with van der Waals surface area (Å²) >= 11 is 0. The van der Waals surface area contributed by atoms with Gasteiger partial charge in [0, 0.05) is 18.6 Å². The summed E-state index contributed by atoms with van der Waals surface area (Å²) in [5.74, 6) is 0. The van der Waals surface area contributed by atoms with E-state index < -0.39 is 10.0 Å². The van der Waals surface area contributed by atoms with Gasteiger partial charge in [0.1, 0.15) is 0 Å². The van der Waals surface area contributed by atoms with E-state index in [0.717, 1.165) is 44.3 Å². The number of nitrogens with zero attached hydrogens (tertiary/aromatic N) is 1. The lowest BCUT2D eigenvalue weighted by Gasteiger charge is -2.27. The first-order valence-corrected chi connectivity index (χ1v) is 8.90. The van der Waals surface area contributed by atoms with Crippen LogP contribution in [0.5, 0.6) is 0 Å². The minimum absolute atomic E-state index is 0.123. The van der Waals surface area contributed by atoms with Crippen molar-refractivity contribution in [3.8, 4) is 0 Å². The molecule has 2 aliphatic heterocycles. The Labute approximate surface area is 121 Å². The molecule has 2 heterocycles. The van der Waals surface area contributed by atoms with Gasteiger partial charge >= 0.3 is 0 Å². The number of fused-ring (bicyclic) bond motifs is 2. The maximum Gasteiger partial charge on any atom is 0.243 e. The highest BCUT2D eigenvalue weighted by Gasteiger charge is 2.43. The van der Waals surface area contributed by atoms with Crippen LogP contribution in [0, 0.1) is 0 Å². The van der Waals surface area contributed by atoms with Crippen LogP contribution in [0.25, 0.3) is 0 Å². The van der Waals surface area contributed by atoms with Crippen molar-refractivity contribution in [2.75, 3.05) is 13.1 Å². The molecule has 20 heavy (non-hydrogen) atoms. The third-order valence-corrected chi connectivity index (χ3v) is 6.60. The Balaban J connectivity index is 2.03. The summed E-state index contributed by atoms with van der Waals surface area (Å²) in [6.07, 6.45) is 3.64. The van der Waals surface area contributed by atoms with Crippen LogP contribution in [0.1, 0.15) is 31.7 Å². The molecule has 4 nitrogen and oxygen atoms in total. The molecule has 3 rings (SSSR count). The molecule has 2 bridgehead atoms. The van der Waals surface area contributed by atoms with E-state index in [4.69, 9.17) is 0 Å². The van der Waals surface area contributed by atoms with Crippen molar-refractivity contribution < 1.29 is 8.42 Å². The Morgan fingerprint density at radius 2 is 1.95 bits per heavy atom. The zero-order chi connectivity index (χ0) is 14.2. The van der Waals surface area contributed by atoms with Gasteiger partial charge in [-0.2, -0.15) is 4.31 Å². The first-order valence-electron chi connectivity index (χ1n) is 7.46. The molecule has 5 heteroatoms. The fourth-order valence-electron chi connectivity index (χ4n) is 3.49. The van der Waals surface area contributed by atoms with Gasteiger partial charge in [-0.05, 0) is 43.9 Å². The summed E-state index contributed by atoms with van der Waals surface area (Å²) in [6, 6.07) is 7.71. The van der Waals surface area contributed by atoms with E-state index in [0.29, 0.717) is 4.90 Å². The quantitative estimate of drug-likeness (QED) is 0.924. The average molecular weight is 294 g/mol. The minimum atomic E-state index is -3.37. The first-order chi connectivity index (χ1) is 9.64. The molecule has 0 amide bonds. The number of sulfonamides is 1. The van der Waals surface area contributed by atoms with Gasteiger partial charge in [0.05, 0.1) is 4.90 Å². The average Bonchev–Trinajstić information content (AvgIpc) is 2.72. The van der Waals surface area contributed by atoms with Crippen molar-refractivity contribution in [2.24, 2.45) is 0 Å². The fraction of sp³-hybridized carbons (Fsp3) is 0.600. The second-order valence-corrected chi connectivity index (χ2v) is 7.49. The zero-order valence-corrected chi connectivity index (χ0v) is 12.7. The highest BCUT2D eigenvalue weighted by atomic mass is 32.2. The second kappa shape index (κ2) is 5.47. The van der Waals surface area contributed by atoms with Crippen molar-refractivity contribution in [3.63, 3.8) is 0 Å². The van der Waals surface area contributed by atoms with Gasteiger partial charge in [-0.1, -0.05) is 25.1 Å². The third kappa shape index (κ3) is 2.28. The standard InChI is InChI=1S/C15H22N2O2S/c1-2-12-5-3-4-6-15(12)20(18,19)17-13-7-8-14(17)11-16-10-9-13/h3-6,13-14,16H,2,7-11H2,1H3. The molecule has 0 saturated carbocycles. The molecular weight excluding hydrogens is 272 g/mol. The summed E-state index contributed by atoms with van der Waals surface area (Å²) in [6.45, 7) is 3.71. The molecule has 2 atom stereocenters. The van der Waals surface area contributed by atoms with Crippen LogP contribution in [-0.4, -0.2) is 37.9 Å². The molecule has 1 aromatic rings. The van der Waals surface area contributed by atoms with Crippen LogP contribution in [0.3, 0.4) is 0 Å². The largest absolute Gasteiger partial charge is 0.315 e. The van der Waals surface area contributed by atoms with Crippen molar-refractivity contribution in [1.82, 2.24) is 9.62 Å². The SMILES string of the molecule is CCc1ccccc1S(=O)(=O)N1C2CCNCC1CC2. The molecule has 2 saturated heterocycles. The lowest BCUT2D eigenvalue weighted by atomic mass is 10.1. The second-order valence-electron chi connectivity index (χ2n) is 5.67. The molecule has 1 aromatic carbocycles. The Hall–Kier alpha value is -0.910. The number of hydrogen-bond acceptors (Lipinski definition) is 3. The van der Waals surface area contributed by atoms with Crippen molar-refractivity contribution in [1.29, 1.82) is 0 Å². The zero-order valence-electron chi connectivity index (χ0n) is 11.9. The summed E-state index contributed by atoms with van der Waals surface area (Å²) in [7, 11) is -3.37. The van der Waals surface area contributed by atoms with Crippen LogP contribution in [0.15, 0.2) is 29.2 Å². The Morgan fingerprint density at radius 1 is 1.20 bits per heavy atom. The van der Waals surface area contributed by atoms with Crippen LogP contribution in [0.2, 0.25) is 0 Å². The van der Waals surface area contributed by atoms with Gasteiger partial charge in [-0.3, -0.25) is 0 Å². The number of benzene rings is 1. The number of nitrogens with one attached hydrogen (secondary N) is 1. The van der Waals surface area contributed by atoms with Crippen molar-refractivity contribution in [3.05, 3.63) is 29.8 Å². The fourth-order valence-corrected chi connectivity index (χ4v) is 5.69. The van der Waals surface area contributed by atoms with E-state index in [2.05, 4.69) is 5.32 Å². The molecule has 1 N–H and O–H groups in total. The van der Waals surface area contributed by atoms with E-state index in [1.807, 2.05) is 25.1 Å². The van der Waals surface area contributed by atoms with Crippen molar-refractivity contribution in [2.45, 2.75) is 49.6 Å². The van der Waals surface area contributed by atoms with Gasteiger partial charge in [0.25, 0.3) is 0 Å². The van der Waals surface area contributed by atoms with Crippen LogP contribution in [0.4, 0.5) is 0 Å². The lowest BCUT2D eigenvalue weighted by Crippen LogP contribution is -2.42. The Kier molecular flexibility index (Phi) is 3.84. The number of hydrogen-bond donors (Lipinski definition) is 1. The minimum Gasteiger partial charge on any atom is -0.315 e. The monoisotopic (exact) mass is 294 g/mol. The van der Waals surface area contributed by atoms with Crippen LogP contribution < -0.4 is 5.32 Å². The number of rotatable bonds is 3. The van der Waals surface area contributed by atoms with Gasteiger partial charge in [-0.15, -0.1) is 0 Å². The molecule has 2 aliphatic rings.